The van der Waals surface area contributed by atoms with Crippen molar-refractivity contribution in [3.63, 3.8) is 0 Å². The van der Waals surface area contributed by atoms with Crippen LogP contribution in [0.25, 0.3) is 11.0 Å². The Labute approximate surface area is 147 Å². The lowest BCUT2D eigenvalue weighted by atomic mass is 10.1. The van der Waals surface area contributed by atoms with Crippen molar-refractivity contribution >= 4 is 16.9 Å². The number of nitrogens with one attached hydrogen (secondary N) is 1. The van der Waals surface area contributed by atoms with Crippen LogP contribution in [-0.4, -0.2) is 12.5 Å². The SMILES string of the molecule is Cc1ccc2oc(C(=O)NCc3ccccc3OC(F)F)cc(=O)c2c1. The number of hydrogen-bond donors (Lipinski definition) is 1. The number of carbonyl (C=O) groups excluding carboxylic acids is 1. The van der Waals surface area contributed by atoms with Crippen LogP contribution >= 0.6 is 0 Å². The van der Waals surface area contributed by atoms with Gasteiger partial charge in [-0.25, -0.2) is 0 Å². The van der Waals surface area contributed by atoms with Gasteiger partial charge >= 0.3 is 6.61 Å². The average molecular weight is 359 g/mol. The molecule has 0 bridgehead atoms. The number of aryl methyl sites for hydroxylation is 1. The van der Waals surface area contributed by atoms with Gasteiger partial charge in [0, 0.05) is 18.2 Å². The fraction of sp³-hybridized carbons (Fsp3) is 0.158. The molecule has 0 radical (unpaired) electrons. The van der Waals surface area contributed by atoms with Crippen LogP contribution < -0.4 is 15.5 Å². The minimum absolute atomic E-state index is 0.0294. The molecule has 0 aliphatic heterocycles. The van der Waals surface area contributed by atoms with Gasteiger partial charge in [0.05, 0.1) is 5.39 Å². The Bertz CT molecular complexity index is 1010. The van der Waals surface area contributed by atoms with Crippen molar-refractivity contribution in [1.82, 2.24) is 5.32 Å². The first-order valence-electron chi connectivity index (χ1n) is 7.79. The molecule has 3 aromatic rings. The number of hydrogen-bond acceptors (Lipinski definition) is 4. The molecule has 0 aliphatic carbocycles. The van der Waals surface area contributed by atoms with Crippen LogP contribution in [0.1, 0.15) is 21.7 Å². The van der Waals surface area contributed by atoms with E-state index < -0.39 is 12.5 Å². The molecule has 1 N–H and O–H groups in total. The lowest BCUT2D eigenvalue weighted by Crippen LogP contribution is -2.24. The topological polar surface area (TPSA) is 68.5 Å². The Morgan fingerprint density at radius 1 is 1.19 bits per heavy atom. The monoisotopic (exact) mass is 359 g/mol. The Balaban J connectivity index is 1.80. The van der Waals surface area contributed by atoms with E-state index in [0.29, 0.717) is 16.5 Å². The second kappa shape index (κ2) is 7.35. The molecule has 0 saturated heterocycles. The highest BCUT2D eigenvalue weighted by molar-refractivity contribution is 5.93. The van der Waals surface area contributed by atoms with Crippen molar-refractivity contribution in [3.8, 4) is 5.75 Å². The maximum Gasteiger partial charge on any atom is 0.387 e. The molecule has 0 unspecified atom stereocenters. The number of rotatable bonds is 5. The van der Waals surface area contributed by atoms with Crippen LogP contribution in [0.2, 0.25) is 0 Å². The first-order valence-corrected chi connectivity index (χ1v) is 7.79. The molecular formula is C19H15F2NO4. The van der Waals surface area contributed by atoms with Crippen LogP contribution in [0, 0.1) is 6.92 Å². The van der Waals surface area contributed by atoms with Gasteiger partial charge in [0.25, 0.3) is 5.91 Å². The lowest BCUT2D eigenvalue weighted by molar-refractivity contribution is -0.0504. The molecule has 1 heterocycles. The third-order valence-electron chi connectivity index (χ3n) is 3.73. The summed E-state index contributed by atoms with van der Waals surface area (Å²) in [5.41, 5.74) is 1.24. The highest BCUT2D eigenvalue weighted by Crippen LogP contribution is 2.20. The number of halogens is 2. The van der Waals surface area contributed by atoms with Gasteiger partial charge in [0.1, 0.15) is 11.3 Å². The van der Waals surface area contributed by atoms with Crippen molar-refractivity contribution < 1.29 is 22.7 Å². The predicted octanol–water partition coefficient (Wildman–Crippen LogP) is 3.63. The standard InChI is InChI=1S/C19H15F2NO4/c1-11-6-7-16-13(8-11)14(23)9-17(25-16)18(24)22-10-12-4-2-3-5-15(12)26-19(20)21/h2-9,19H,10H2,1H3,(H,22,24). The summed E-state index contributed by atoms with van der Waals surface area (Å²) < 4.78 is 34.7. The molecule has 0 saturated carbocycles. The van der Waals surface area contributed by atoms with Gasteiger partial charge in [-0.3, -0.25) is 9.59 Å². The molecule has 134 valence electrons. The zero-order chi connectivity index (χ0) is 18.7. The average Bonchev–Trinajstić information content (AvgIpc) is 2.60. The summed E-state index contributed by atoms with van der Waals surface area (Å²) >= 11 is 0. The molecule has 0 spiro atoms. The third-order valence-corrected chi connectivity index (χ3v) is 3.73. The van der Waals surface area contributed by atoms with Gasteiger partial charge in [-0.05, 0) is 25.1 Å². The van der Waals surface area contributed by atoms with E-state index in [1.54, 1.807) is 36.4 Å². The zero-order valence-electron chi connectivity index (χ0n) is 13.8. The summed E-state index contributed by atoms with van der Waals surface area (Å²) in [6.07, 6.45) is 0. The Morgan fingerprint density at radius 3 is 2.73 bits per heavy atom. The van der Waals surface area contributed by atoms with Gasteiger partial charge < -0.3 is 14.5 Å². The van der Waals surface area contributed by atoms with Crippen molar-refractivity contribution in [1.29, 1.82) is 0 Å². The molecule has 5 nitrogen and oxygen atoms in total. The zero-order valence-corrected chi connectivity index (χ0v) is 13.8. The Kier molecular flexibility index (Phi) is 4.97. The Hall–Kier alpha value is -3.22. The van der Waals surface area contributed by atoms with E-state index in [-0.39, 0.29) is 23.5 Å². The van der Waals surface area contributed by atoms with E-state index in [1.807, 2.05) is 6.92 Å². The summed E-state index contributed by atoms with van der Waals surface area (Å²) in [7, 11) is 0. The molecule has 0 fully saturated rings. The number of amides is 1. The summed E-state index contributed by atoms with van der Waals surface area (Å²) in [5, 5.41) is 2.92. The quantitative estimate of drug-likeness (QED) is 0.755. The molecule has 26 heavy (non-hydrogen) atoms. The number of carbonyl (C=O) groups is 1. The maximum atomic E-state index is 12.4. The summed E-state index contributed by atoms with van der Waals surface area (Å²) in [6, 6.07) is 12.3. The number of ether oxygens (including phenoxy) is 1. The van der Waals surface area contributed by atoms with Crippen LogP contribution in [0.5, 0.6) is 5.75 Å². The van der Waals surface area contributed by atoms with E-state index in [0.717, 1.165) is 11.6 Å². The van der Waals surface area contributed by atoms with Crippen molar-refractivity contribution in [2.24, 2.45) is 0 Å². The fourth-order valence-corrected chi connectivity index (χ4v) is 2.51. The summed E-state index contributed by atoms with van der Waals surface area (Å²) in [6.45, 7) is -1.18. The second-order valence-electron chi connectivity index (χ2n) is 5.64. The Morgan fingerprint density at radius 2 is 1.96 bits per heavy atom. The first kappa shape index (κ1) is 17.6. The largest absolute Gasteiger partial charge is 0.451 e. The van der Waals surface area contributed by atoms with Gasteiger partial charge in [0.15, 0.2) is 11.2 Å². The molecule has 1 amide bonds. The maximum absolute atomic E-state index is 12.4. The number of alkyl halides is 2. The van der Waals surface area contributed by atoms with Gasteiger partial charge in [0.2, 0.25) is 0 Å². The normalized spacial score (nSPS) is 10.9. The molecule has 7 heteroatoms. The molecule has 2 aromatic carbocycles. The minimum Gasteiger partial charge on any atom is -0.451 e. The molecule has 0 aliphatic rings. The highest BCUT2D eigenvalue weighted by atomic mass is 19.3. The fourth-order valence-electron chi connectivity index (χ4n) is 2.51. The van der Waals surface area contributed by atoms with Crippen LogP contribution in [0.4, 0.5) is 8.78 Å². The molecule has 3 rings (SSSR count). The van der Waals surface area contributed by atoms with E-state index in [1.165, 1.54) is 6.07 Å². The number of fused-ring (bicyclic) bond motifs is 1. The van der Waals surface area contributed by atoms with E-state index in [4.69, 9.17) is 4.42 Å². The van der Waals surface area contributed by atoms with Crippen molar-refractivity contribution in [2.75, 3.05) is 0 Å². The first-order chi connectivity index (χ1) is 12.4. The number of benzene rings is 2. The highest BCUT2D eigenvalue weighted by Gasteiger charge is 2.14. The second-order valence-corrected chi connectivity index (χ2v) is 5.64. The molecule has 1 aromatic heterocycles. The van der Waals surface area contributed by atoms with E-state index >= 15 is 0 Å². The van der Waals surface area contributed by atoms with Gasteiger partial charge in [-0.2, -0.15) is 8.78 Å². The molecular weight excluding hydrogens is 344 g/mol. The third kappa shape index (κ3) is 3.88. The predicted molar refractivity (Wildman–Crippen MR) is 91.5 cm³/mol. The van der Waals surface area contributed by atoms with E-state index in [2.05, 4.69) is 10.1 Å². The number of para-hydroxylation sites is 1. The smallest absolute Gasteiger partial charge is 0.387 e. The molecule has 0 atom stereocenters. The van der Waals surface area contributed by atoms with E-state index in [9.17, 15) is 18.4 Å². The summed E-state index contributed by atoms with van der Waals surface area (Å²) in [5.74, 6) is -0.812. The van der Waals surface area contributed by atoms with Crippen molar-refractivity contribution in [3.05, 3.63) is 75.6 Å². The summed E-state index contributed by atoms with van der Waals surface area (Å²) in [4.78, 5) is 24.4. The van der Waals surface area contributed by atoms with Crippen LogP contribution in [-0.2, 0) is 6.54 Å². The van der Waals surface area contributed by atoms with Gasteiger partial charge in [-0.1, -0.05) is 29.8 Å². The van der Waals surface area contributed by atoms with Crippen LogP contribution in [0.15, 0.2) is 57.7 Å². The van der Waals surface area contributed by atoms with Crippen molar-refractivity contribution in [2.45, 2.75) is 20.1 Å². The van der Waals surface area contributed by atoms with Crippen LogP contribution in [0.3, 0.4) is 0 Å². The lowest BCUT2D eigenvalue weighted by Gasteiger charge is -2.11. The minimum atomic E-state index is -2.96. The van der Waals surface area contributed by atoms with Gasteiger partial charge in [-0.15, -0.1) is 0 Å².